The van der Waals surface area contributed by atoms with Crippen molar-refractivity contribution in [2.45, 2.75) is 26.4 Å². The molecule has 0 bridgehead atoms. The van der Waals surface area contributed by atoms with Crippen LogP contribution in [0.2, 0.25) is 5.02 Å². The van der Waals surface area contributed by atoms with Crippen LogP contribution in [0, 0.1) is 6.92 Å². The maximum absolute atomic E-state index is 12.8. The number of carbonyl (C=O) groups is 2. The molecule has 3 rings (SSSR count). The molecule has 2 aromatic carbocycles. The summed E-state index contributed by atoms with van der Waals surface area (Å²) in [5, 5.41) is 1.45. The molecule has 0 fully saturated rings. The third-order valence-corrected chi connectivity index (χ3v) is 4.33. The highest BCUT2D eigenvalue weighted by molar-refractivity contribution is 6.30. The number of hydrogen-bond acceptors (Lipinski definition) is 3. The fourth-order valence-corrected chi connectivity index (χ4v) is 2.98. The smallest absolute Gasteiger partial charge is 0.310 e. The molecular formula is C20H18ClNO3. The molecule has 128 valence electrons. The van der Waals surface area contributed by atoms with E-state index < -0.39 is 12.1 Å². The highest BCUT2D eigenvalue weighted by Gasteiger charge is 2.24. The molecule has 4 nitrogen and oxygen atoms in total. The van der Waals surface area contributed by atoms with Gasteiger partial charge in [0.15, 0.2) is 6.10 Å². The van der Waals surface area contributed by atoms with Gasteiger partial charge in [-0.25, -0.2) is 0 Å². The minimum atomic E-state index is -0.849. The Labute approximate surface area is 150 Å². The second-order valence-corrected chi connectivity index (χ2v) is 6.41. The zero-order valence-corrected chi connectivity index (χ0v) is 14.8. The molecule has 0 aliphatic heterocycles. The lowest BCUT2D eigenvalue weighted by Gasteiger charge is -2.13. The minimum Gasteiger partial charge on any atom is -0.454 e. The predicted molar refractivity (Wildman–Crippen MR) is 98.1 cm³/mol. The zero-order valence-electron chi connectivity index (χ0n) is 14.0. The summed E-state index contributed by atoms with van der Waals surface area (Å²) in [6.45, 7) is 3.44. The van der Waals surface area contributed by atoms with Crippen LogP contribution in [0.15, 0.2) is 48.5 Å². The highest BCUT2D eigenvalue weighted by atomic mass is 35.5. The van der Waals surface area contributed by atoms with Crippen molar-refractivity contribution in [2.75, 3.05) is 0 Å². The fourth-order valence-electron chi connectivity index (χ4n) is 2.86. The molecule has 0 unspecified atom stereocenters. The van der Waals surface area contributed by atoms with Crippen molar-refractivity contribution in [3.8, 4) is 0 Å². The van der Waals surface area contributed by atoms with Gasteiger partial charge in [0.05, 0.1) is 6.42 Å². The molecule has 1 atom stereocenters. The van der Waals surface area contributed by atoms with Crippen molar-refractivity contribution >= 4 is 34.3 Å². The molecule has 0 saturated heterocycles. The van der Waals surface area contributed by atoms with Gasteiger partial charge in [0, 0.05) is 27.2 Å². The van der Waals surface area contributed by atoms with Crippen molar-refractivity contribution in [2.24, 2.45) is 0 Å². The SMILES string of the molecule is Cc1[nH]c2ccccc2c1C(=O)[C@H](C)OC(=O)Cc1ccc(Cl)cc1. The number of rotatable bonds is 5. The van der Waals surface area contributed by atoms with Crippen LogP contribution in [0.1, 0.15) is 28.5 Å². The summed E-state index contributed by atoms with van der Waals surface area (Å²) in [4.78, 5) is 28.1. The average Bonchev–Trinajstić information content (AvgIpc) is 2.91. The Hall–Kier alpha value is -2.59. The molecule has 0 spiro atoms. The number of nitrogens with one attached hydrogen (secondary N) is 1. The van der Waals surface area contributed by atoms with E-state index in [9.17, 15) is 9.59 Å². The zero-order chi connectivity index (χ0) is 18.0. The number of H-pyrrole nitrogens is 1. The van der Waals surface area contributed by atoms with Gasteiger partial charge in [-0.3, -0.25) is 9.59 Å². The lowest BCUT2D eigenvalue weighted by molar-refractivity contribution is -0.145. The molecule has 0 radical (unpaired) electrons. The van der Waals surface area contributed by atoms with Gasteiger partial charge >= 0.3 is 5.97 Å². The second-order valence-electron chi connectivity index (χ2n) is 5.97. The summed E-state index contributed by atoms with van der Waals surface area (Å²) in [6.07, 6.45) is -0.750. The number of benzene rings is 2. The van der Waals surface area contributed by atoms with Crippen molar-refractivity contribution in [1.29, 1.82) is 0 Å². The minimum absolute atomic E-state index is 0.0989. The molecule has 0 aliphatic carbocycles. The lowest BCUT2D eigenvalue weighted by atomic mass is 10.0. The van der Waals surface area contributed by atoms with Crippen LogP contribution >= 0.6 is 11.6 Å². The van der Waals surface area contributed by atoms with Crippen LogP contribution in [-0.2, 0) is 16.0 Å². The first kappa shape index (κ1) is 17.2. The number of aryl methyl sites for hydroxylation is 1. The number of aromatic nitrogens is 1. The third-order valence-electron chi connectivity index (χ3n) is 4.08. The van der Waals surface area contributed by atoms with Crippen molar-refractivity contribution < 1.29 is 14.3 Å². The molecular weight excluding hydrogens is 338 g/mol. The van der Waals surface area contributed by atoms with Crippen LogP contribution in [0.4, 0.5) is 0 Å². The van der Waals surface area contributed by atoms with Crippen LogP contribution in [0.3, 0.4) is 0 Å². The quantitative estimate of drug-likeness (QED) is 0.542. The van der Waals surface area contributed by atoms with Crippen LogP contribution in [0.25, 0.3) is 10.9 Å². The lowest BCUT2D eigenvalue weighted by Crippen LogP contribution is -2.25. The second kappa shape index (κ2) is 7.11. The molecule has 1 heterocycles. The molecule has 3 aromatic rings. The first-order valence-electron chi connectivity index (χ1n) is 8.01. The number of ketones is 1. The van der Waals surface area contributed by atoms with Crippen LogP contribution < -0.4 is 0 Å². The maximum atomic E-state index is 12.8. The largest absolute Gasteiger partial charge is 0.454 e. The maximum Gasteiger partial charge on any atom is 0.310 e. The van der Waals surface area contributed by atoms with E-state index in [4.69, 9.17) is 16.3 Å². The number of fused-ring (bicyclic) bond motifs is 1. The van der Waals surface area contributed by atoms with E-state index in [1.165, 1.54) is 0 Å². The van der Waals surface area contributed by atoms with E-state index in [-0.39, 0.29) is 12.2 Å². The summed E-state index contributed by atoms with van der Waals surface area (Å²) in [7, 11) is 0. The Morgan fingerprint density at radius 1 is 1.12 bits per heavy atom. The van der Waals surface area contributed by atoms with E-state index in [0.29, 0.717) is 10.6 Å². The van der Waals surface area contributed by atoms with Gasteiger partial charge in [-0.2, -0.15) is 0 Å². The number of esters is 1. The summed E-state index contributed by atoms with van der Waals surface area (Å²) in [5.41, 5.74) is 3.02. The van der Waals surface area contributed by atoms with E-state index in [0.717, 1.165) is 22.2 Å². The molecule has 1 N–H and O–H groups in total. The monoisotopic (exact) mass is 355 g/mol. The van der Waals surface area contributed by atoms with Gasteiger partial charge in [0.25, 0.3) is 0 Å². The molecule has 0 aliphatic rings. The Morgan fingerprint density at radius 3 is 2.52 bits per heavy atom. The van der Waals surface area contributed by atoms with Gasteiger partial charge in [0.1, 0.15) is 0 Å². The highest BCUT2D eigenvalue weighted by Crippen LogP contribution is 2.24. The molecule has 0 saturated carbocycles. The summed E-state index contributed by atoms with van der Waals surface area (Å²) in [5.74, 6) is -0.653. The van der Waals surface area contributed by atoms with Gasteiger partial charge in [-0.05, 0) is 37.6 Å². The first-order valence-corrected chi connectivity index (χ1v) is 8.39. The molecule has 5 heteroatoms. The van der Waals surface area contributed by atoms with Crippen LogP contribution in [-0.4, -0.2) is 22.8 Å². The molecule has 1 aromatic heterocycles. The van der Waals surface area contributed by atoms with Gasteiger partial charge in [0.2, 0.25) is 5.78 Å². The van der Waals surface area contributed by atoms with Crippen molar-refractivity contribution in [3.63, 3.8) is 0 Å². The van der Waals surface area contributed by atoms with E-state index in [1.807, 2.05) is 31.2 Å². The third kappa shape index (κ3) is 3.74. The van der Waals surface area contributed by atoms with Gasteiger partial charge in [-0.15, -0.1) is 0 Å². The topological polar surface area (TPSA) is 59.2 Å². The average molecular weight is 356 g/mol. The van der Waals surface area contributed by atoms with E-state index in [1.54, 1.807) is 31.2 Å². The van der Waals surface area contributed by atoms with Crippen LogP contribution in [0.5, 0.6) is 0 Å². The van der Waals surface area contributed by atoms with E-state index >= 15 is 0 Å². The Bertz CT molecular complexity index is 928. The van der Waals surface area contributed by atoms with Crippen molar-refractivity contribution in [3.05, 3.63) is 70.4 Å². The number of hydrogen-bond donors (Lipinski definition) is 1. The van der Waals surface area contributed by atoms with Crippen molar-refractivity contribution in [1.82, 2.24) is 4.98 Å². The summed E-state index contributed by atoms with van der Waals surface area (Å²) < 4.78 is 5.34. The Balaban J connectivity index is 1.72. The number of halogens is 1. The molecule has 25 heavy (non-hydrogen) atoms. The Kier molecular flexibility index (Phi) is 4.91. The Morgan fingerprint density at radius 2 is 1.80 bits per heavy atom. The number of ether oxygens (including phenoxy) is 1. The summed E-state index contributed by atoms with van der Waals surface area (Å²) in [6, 6.07) is 14.5. The normalized spacial score (nSPS) is 12.1. The van der Waals surface area contributed by atoms with Gasteiger partial charge in [-0.1, -0.05) is 41.9 Å². The summed E-state index contributed by atoms with van der Waals surface area (Å²) >= 11 is 5.83. The predicted octanol–water partition coefficient (Wildman–Crippen LogP) is 4.49. The molecule has 0 amide bonds. The first-order chi connectivity index (χ1) is 12.0. The number of aromatic amines is 1. The van der Waals surface area contributed by atoms with Gasteiger partial charge < -0.3 is 9.72 Å². The number of carbonyl (C=O) groups excluding carboxylic acids is 2. The standard InChI is InChI=1S/C20H18ClNO3/c1-12-19(16-5-3-4-6-17(16)22-12)20(24)13(2)25-18(23)11-14-7-9-15(21)10-8-14/h3-10,13,22H,11H2,1-2H3/t13-/m0/s1. The number of para-hydroxylation sites is 1. The number of Topliss-reactive ketones (excluding diaryl/α,β-unsaturated/α-hetero) is 1. The fraction of sp³-hybridized carbons (Fsp3) is 0.200. The van der Waals surface area contributed by atoms with E-state index in [2.05, 4.69) is 4.98 Å².